The molecule has 0 aliphatic carbocycles. The van der Waals surface area contributed by atoms with Crippen LogP contribution in [0.1, 0.15) is 34.2 Å². The van der Waals surface area contributed by atoms with E-state index in [1.165, 1.54) is 30.6 Å². The van der Waals surface area contributed by atoms with Crippen LogP contribution in [0.4, 0.5) is 8.78 Å². The van der Waals surface area contributed by atoms with E-state index in [-0.39, 0.29) is 24.0 Å². The molecule has 0 spiro atoms. The van der Waals surface area contributed by atoms with Gasteiger partial charge in [0.2, 0.25) is 0 Å². The molecule has 1 aliphatic heterocycles. The zero-order valence-corrected chi connectivity index (χ0v) is 19.5. The van der Waals surface area contributed by atoms with E-state index >= 15 is 0 Å². The molecule has 4 heterocycles. The minimum Gasteiger partial charge on any atom is -0.381 e. The highest BCUT2D eigenvalue weighted by Gasteiger charge is 2.23. The van der Waals surface area contributed by atoms with Crippen molar-refractivity contribution in [2.75, 3.05) is 13.2 Å². The quantitative estimate of drug-likeness (QED) is 0.365. The zero-order valence-electron chi connectivity index (χ0n) is 19.5. The van der Waals surface area contributed by atoms with Crippen molar-refractivity contribution in [3.8, 4) is 16.8 Å². The van der Waals surface area contributed by atoms with E-state index in [0.717, 1.165) is 12.2 Å². The second-order valence-electron chi connectivity index (χ2n) is 8.78. The van der Waals surface area contributed by atoms with Crippen molar-refractivity contribution in [3.63, 3.8) is 0 Å². The number of halogens is 2. The molecule has 1 saturated heterocycles. The minimum atomic E-state index is -0.447. The number of hydrogen-bond donors (Lipinski definition) is 2. The summed E-state index contributed by atoms with van der Waals surface area (Å²) < 4.78 is 34.7. The number of nitrogens with one attached hydrogen (secondary N) is 2. The predicted octanol–water partition coefficient (Wildman–Crippen LogP) is 3.92. The van der Waals surface area contributed by atoms with Crippen LogP contribution in [0.2, 0.25) is 0 Å². The van der Waals surface area contributed by atoms with Crippen LogP contribution in [0.25, 0.3) is 28.0 Å². The molecule has 0 bridgehead atoms. The van der Waals surface area contributed by atoms with E-state index in [0.29, 0.717) is 46.8 Å². The normalized spacial score (nSPS) is 15.4. The fourth-order valence-electron chi connectivity index (χ4n) is 4.35. The van der Waals surface area contributed by atoms with Gasteiger partial charge in [-0.05, 0) is 60.0 Å². The van der Waals surface area contributed by atoms with Crippen LogP contribution >= 0.6 is 0 Å². The van der Waals surface area contributed by atoms with Crippen LogP contribution in [0.3, 0.4) is 0 Å². The van der Waals surface area contributed by atoms with E-state index in [1.54, 1.807) is 35.3 Å². The minimum absolute atomic E-state index is 0.0820. The van der Waals surface area contributed by atoms with Crippen LogP contribution in [0.15, 0.2) is 61.2 Å². The molecule has 2 aromatic carbocycles. The Kier molecular flexibility index (Phi) is 5.89. The summed E-state index contributed by atoms with van der Waals surface area (Å²) in [7, 11) is 0. The van der Waals surface area contributed by atoms with Crippen molar-refractivity contribution in [3.05, 3.63) is 89.9 Å². The topological polar surface area (TPSA) is 111 Å². The molecule has 5 aromatic rings. The first-order valence-corrected chi connectivity index (χ1v) is 11.7. The average Bonchev–Trinajstić information content (AvgIpc) is 3.67. The molecule has 6 rings (SSSR count). The van der Waals surface area contributed by atoms with Crippen LogP contribution < -0.4 is 5.32 Å². The van der Waals surface area contributed by atoms with Gasteiger partial charge >= 0.3 is 0 Å². The van der Waals surface area contributed by atoms with Crippen LogP contribution in [0, 0.1) is 11.6 Å². The number of carbonyl (C=O) groups is 1. The Balaban J connectivity index is 1.20. The van der Waals surface area contributed by atoms with Gasteiger partial charge in [-0.2, -0.15) is 5.10 Å². The molecular formula is C26H21F2N7O2. The van der Waals surface area contributed by atoms with Gasteiger partial charge < -0.3 is 15.0 Å². The molecule has 1 aliphatic rings. The SMILES string of the molecule is O=C(NCc1cc(F)cc(-c2cnn(-c3ccc(F)cc3)c2)c1)c1ncnc2nc(C3CCOC3)[nH]c12. The Bertz CT molecular complexity index is 1590. The first-order valence-electron chi connectivity index (χ1n) is 11.7. The third-order valence-electron chi connectivity index (χ3n) is 6.26. The van der Waals surface area contributed by atoms with Gasteiger partial charge in [0.15, 0.2) is 11.3 Å². The summed E-state index contributed by atoms with van der Waals surface area (Å²) in [5, 5.41) is 7.10. The van der Waals surface area contributed by atoms with Crippen LogP contribution in [0.5, 0.6) is 0 Å². The molecule has 37 heavy (non-hydrogen) atoms. The summed E-state index contributed by atoms with van der Waals surface area (Å²) in [4.78, 5) is 29.0. The first-order chi connectivity index (χ1) is 18.0. The van der Waals surface area contributed by atoms with Gasteiger partial charge in [-0.15, -0.1) is 0 Å². The molecule has 1 amide bonds. The lowest BCUT2D eigenvalue weighted by Gasteiger charge is -2.08. The lowest BCUT2D eigenvalue weighted by atomic mass is 10.1. The number of carbonyl (C=O) groups excluding carboxylic acids is 1. The number of aromatic amines is 1. The summed E-state index contributed by atoms with van der Waals surface area (Å²) in [5.74, 6) is -0.369. The largest absolute Gasteiger partial charge is 0.381 e. The third-order valence-corrected chi connectivity index (χ3v) is 6.26. The van der Waals surface area contributed by atoms with Crippen molar-refractivity contribution in [2.24, 2.45) is 0 Å². The number of nitrogens with zero attached hydrogens (tertiary/aromatic N) is 5. The smallest absolute Gasteiger partial charge is 0.272 e. The van der Waals surface area contributed by atoms with Crippen LogP contribution in [-0.4, -0.2) is 48.8 Å². The maximum absolute atomic E-state index is 14.5. The molecule has 0 radical (unpaired) electrons. The first kappa shape index (κ1) is 22.9. The molecule has 3 aromatic heterocycles. The summed E-state index contributed by atoms with van der Waals surface area (Å²) in [5.41, 5.74) is 3.55. The molecular weight excluding hydrogens is 480 g/mol. The number of H-pyrrole nitrogens is 1. The number of aromatic nitrogens is 6. The summed E-state index contributed by atoms with van der Waals surface area (Å²) in [6, 6.07) is 10.4. The number of imidazole rings is 1. The highest BCUT2D eigenvalue weighted by molar-refractivity contribution is 6.02. The molecule has 0 saturated carbocycles. The monoisotopic (exact) mass is 501 g/mol. The Morgan fingerprint density at radius 3 is 2.78 bits per heavy atom. The fraction of sp³-hybridized carbons (Fsp3) is 0.192. The highest BCUT2D eigenvalue weighted by atomic mass is 19.1. The number of ether oxygens (including phenoxy) is 1. The van der Waals surface area contributed by atoms with Crippen LogP contribution in [-0.2, 0) is 11.3 Å². The van der Waals surface area contributed by atoms with Gasteiger partial charge in [0, 0.05) is 30.8 Å². The molecule has 186 valence electrons. The Morgan fingerprint density at radius 2 is 1.97 bits per heavy atom. The summed E-state index contributed by atoms with van der Waals surface area (Å²) in [6.07, 6.45) is 5.47. The van der Waals surface area contributed by atoms with Gasteiger partial charge in [0.25, 0.3) is 5.91 Å². The van der Waals surface area contributed by atoms with Gasteiger partial charge in [0.05, 0.1) is 18.5 Å². The van der Waals surface area contributed by atoms with Crippen molar-refractivity contribution < 1.29 is 18.3 Å². The van der Waals surface area contributed by atoms with E-state index in [9.17, 15) is 13.6 Å². The molecule has 11 heteroatoms. The number of rotatable bonds is 6. The van der Waals surface area contributed by atoms with Crippen molar-refractivity contribution in [2.45, 2.75) is 18.9 Å². The zero-order chi connectivity index (χ0) is 25.4. The maximum Gasteiger partial charge on any atom is 0.272 e. The standard InChI is InChI=1S/C26H21F2N7O2/c27-19-1-3-21(4-2-19)35-12-18(11-32-35)17-7-15(8-20(28)9-17)10-29-26(36)23-22-25(31-14-30-23)34-24(33-22)16-5-6-37-13-16/h1-4,7-9,11-12,14,16H,5-6,10,13H2,(H,29,36)(H,30,31,33,34). The van der Waals surface area contributed by atoms with E-state index in [1.807, 2.05) is 0 Å². The molecule has 2 N–H and O–H groups in total. The summed E-state index contributed by atoms with van der Waals surface area (Å²) in [6.45, 7) is 1.32. The fourth-order valence-corrected chi connectivity index (χ4v) is 4.35. The number of fused-ring (bicyclic) bond motifs is 1. The Labute approximate surface area is 209 Å². The second kappa shape index (κ2) is 9.51. The van der Waals surface area contributed by atoms with Crippen molar-refractivity contribution in [1.29, 1.82) is 0 Å². The lowest BCUT2D eigenvalue weighted by Crippen LogP contribution is -2.24. The molecule has 1 unspecified atom stereocenters. The van der Waals surface area contributed by atoms with Gasteiger partial charge in [-0.3, -0.25) is 4.79 Å². The van der Waals surface area contributed by atoms with E-state index in [2.05, 4.69) is 30.4 Å². The van der Waals surface area contributed by atoms with Gasteiger partial charge in [0.1, 0.15) is 29.3 Å². The Morgan fingerprint density at radius 1 is 1.11 bits per heavy atom. The van der Waals surface area contributed by atoms with Gasteiger partial charge in [-0.1, -0.05) is 0 Å². The van der Waals surface area contributed by atoms with Crippen molar-refractivity contribution in [1.82, 2.24) is 35.0 Å². The third kappa shape index (κ3) is 4.68. The Hall–Kier alpha value is -4.51. The maximum atomic E-state index is 14.5. The highest BCUT2D eigenvalue weighted by Crippen LogP contribution is 2.26. The number of amides is 1. The second-order valence-corrected chi connectivity index (χ2v) is 8.78. The number of benzene rings is 2. The summed E-state index contributed by atoms with van der Waals surface area (Å²) >= 11 is 0. The number of hydrogen-bond acceptors (Lipinski definition) is 6. The lowest BCUT2D eigenvalue weighted by molar-refractivity contribution is 0.0947. The molecule has 9 nitrogen and oxygen atoms in total. The molecule has 1 fully saturated rings. The average molecular weight is 501 g/mol. The van der Waals surface area contributed by atoms with E-state index < -0.39 is 11.7 Å². The predicted molar refractivity (Wildman–Crippen MR) is 130 cm³/mol. The van der Waals surface area contributed by atoms with Crippen molar-refractivity contribution >= 4 is 17.1 Å². The van der Waals surface area contributed by atoms with Gasteiger partial charge in [-0.25, -0.2) is 28.4 Å². The molecule has 1 atom stereocenters. The van der Waals surface area contributed by atoms with E-state index in [4.69, 9.17) is 4.74 Å².